The number of esters is 2. The Morgan fingerprint density at radius 3 is 2.57 bits per heavy atom. The van der Waals surface area contributed by atoms with Crippen molar-refractivity contribution in [1.82, 2.24) is 0 Å². The molecule has 0 aliphatic rings. The van der Waals surface area contributed by atoms with E-state index in [2.05, 4.69) is 9.47 Å². The second-order valence-corrected chi connectivity index (χ2v) is 4.07. The number of nitrogens with zero attached hydrogens (tertiary/aromatic N) is 1. The smallest absolute Gasteiger partial charge is 0.330 e. The van der Waals surface area contributed by atoms with E-state index in [0.29, 0.717) is 17.5 Å². The fourth-order valence-corrected chi connectivity index (χ4v) is 1.64. The molecule has 0 spiro atoms. The second-order valence-electron chi connectivity index (χ2n) is 4.07. The third kappa shape index (κ3) is 5.06. The zero-order valence-corrected chi connectivity index (χ0v) is 11.7. The van der Waals surface area contributed by atoms with Crippen molar-refractivity contribution >= 4 is 23.7 Å². The minimum absolute atomic E-state index is 0.0960. The summed E-state index contributed by atoms with van der Waals surface area (Å²) in [5, 5.41) is 10.8. The van der Waals surface area contributed by atoms with Gasteiger partial charge in [0.25, 0.3) is 5.69 Å². The number of methoxy groups -OCH3 is 2. The Hall–Kier alpha value is -2.70. The molecular formula is C14H15NO6. The van der Waals surface area contributed by atoms with E-state index in [9.17, 15) is 19.7 Å². The lowest BCUT2D eigenvalue weighted by molar-refractivity contribution is -0.384. The molecule has 0 N–H and O–H groups in total. The van der Waals surface area contributed by atoms with Crippen LogP contribution < -0.4 is 0 Å². The molecule has 0 amide bonds. The summed E-state index contributed by atoms with van der Waals surface area (Å²) in [5.41, 5.74) is 1.09. The number of carbonyl (C=O) groups excluding carboxylic acids is 2. The fraction of sp³-hybridized carbons (Fsp3) is 0.286. The van der Waals surface area contributed by atoms with Gasteiger partial charge in [0.1, 0.15) is 0 Å². The van der Waals surface area contributed by atoms with E-state index in [1.807, 2.05) is 0 Å². The number of rotatable bonds is 6. The first-order valence-electron chi connectivity index (χ1n) is 6.08. The lowest BCUT2D eigenvalue weighted by atomic mass is 10.0. The molecule has 0 saturated carbocycles. The fourth-order valence-electron chi connectivity index (χ4n) is 1.64. The molecule has 0 aliphatic heterocycles. The average molecular weight is 293 g/mol. The van der Waals surface area contributed by atoms with Crippen LogP contribution in [0.5, 0.6) is 0 Å². The summed E-state index contributed by atoms with van der Waals surface area (Å²) in [6, 6.07) is 4.24. The Bertz CT molecular complexity index is 579. The highest BCUT2D eigenvalue weighted by Gasteiger charge is 2.11. The maximum absolute atomic E-state index is 11.2. The largest absolute Gasteiger partial charge is 0.469 e. The van der Waals surface area contributed by atoms with Crippen LogP contribution >= 0.6 is 0 Å². The Morgan fingerprint density at radius 2 is 2.00 bits per heavy atom. The first kappa shape index (κ1) is 16.4. The molecule has 0 bridgehead atoms. The molecule has 0 radical (unpaired) electrons. The molecule has 7 nitrogen and oxygen atoms in total. The quantitative estimate of drug-likeness (QED) is 0.344. The van der Waals surface area contributed by atoms with Crippen molar-refractivity contribution in [3.63, 3.8) is 0 Å². The molecule has 21 heavy (non-hydrogen) atoms. The van der Waals surface area contributed by atoms with Crippen molar-refractivity contribution in [2.24, 2.45) is 0 Å². The summed E-state index contributed by atoms with van der Waals surface area (Å²) < 4.78 is 9.02. The van der Waals surface area contributed by atoms with Crippen LogP contribution in [-0.2, 0) is 25.5 Å². The van der Waals surface area contributed by atoms with Crippen molar-refractivity contribution in [2.45, 2.75) is 12.8 Å². The van der Waals surface area contributed by atoms with Gasteiger partial charge in [-0.25, -0.2) is 4.79 Å². The van der Waals surface area contributed by atoms with Gasteiger partial charge in [0.2, 0.25) is 0 Å². The lowest BCUT2D eigenvalue weighted by Gasteiger charge is -2.05. The van der Waals surface area contributed by atoms with Crippen molar-refractivity contribution in [3.05, 3.63) is 45.5 Å². The number of nitro groups is 1. The number of non-ortho nitro benzene ring substituents is 1. The van der Waals surface area contributed by atoms with E-state index >= 15 is 0 Å². The van der Waals surface area contributed by atoms with Crippen LogP contribution in [0, 0.1) is 10.1 Å². The van der Waals surface area contributed by atoms with Gasteiger partial charge in [0, 0.05) is 24.6 Å². The van der Waals surface area contributed by atoms with Crippen LogP contribution in [0.3, 0.4) is 0 Å². The summed E-state index contributed by atoms with van der Waals surface area (Å²) in [7, 11) is 2.52. The van der Waals surface area contributed by atoms with Crippen molar-refractivity contribution in [3.8, 4) is 0 Å². The second kappa shape index (κ2) is 7.78. The molecule has 0 aromatic heterocycles. The highest BCUT2D eigenvalue weighted by atomic mass is 16.6. The van der Waals surface area contributed by atoms with Crippen LogP contribution in [-0.4, -0.2) is 31.1 Å². The number of aryl methyl sites for hydroxylation is 1. The number of benzene rings is 1. The van der Waals surface area contributed by atoms with Crippen LogP contribution in [0.1, 0.15) is 17.5 Å². The van der Waals surface area contributed by atoms with Crippen LogP contribution in [0.25, 0.3) is 6.08 Å². The molecule has 0 heterocycles. The molecule has 7 heteroatoms. The maximum Gasteiger partial charge on any atom is 0.330 e. The van der Waals surface area contributed by atoms with E-state index in [4.69, 9.17) is 0 Å². The predicted molar refractivity (Wildman–Crippen MR) is 74.5 cm³/mol. The van der Waals surface area contributed by atoms with E-state index in [1.165, 1.54) is 38.5 Å². The lowest BCUT2D eigenvalue weighted by Crippen LogP contribution is -2.03. The predicted octanol–water partition coefficient (Wildman–Crippen LogP) is 1.89. The summed E-state index contributed by atoms with van der Waals surface area (Å²) >= 11 is 0. The molecule has 0 aliphatic carbocycles. The molecule has 112 valence electrons. The summed E-state index contributed by atoms with van der Waals surface area (Å²) in [6.45, 7) is 0. The summed E-state index contributed by atoms with van der Waals surface area (Å²) in [4.78, 5) is 32.5. The number of hydrogen-bond donors (Lipinski definition) is 0. The zero-order chi connectivity index (χ0) is 15.8. The summed E-state index contributed by atoms with van der Waals surface area (Å²) in [6.07, 6.45) is 3.09. The summed E-state index contributed by atoms with van der Waals surface area (Å²) in [5.74, 6) is -0.948. The van der Waals surface area contributed by atoms with Gasteiger partial charge in [-0.2, -0.15) is 0 Å². The monoisotopic (exact) mass is 293 g/mol. The number of carbonyl (C=O) groups is 2. The maximum atomic E-state index is 11.2. The first-order valence-corrected chi connectivity index (χ1v) is 6.08. The Morgan fingerprint density at radius 1 is 1.29 bits per heavy atom. The minimum Gasteiger partial charge on any atom is -0.469 e. The van der Waals surface area contributed by atoms with Gasteiger partial charge >= 0.3 is 11.9 Å². The Labute approximate surface area is 121 Å². The van der Waals surface area contributed by atoms with Crippen LogP contribution in [0.2, 0.25) is 0 Å². The Balaban J connectivity index is 3.04. The van der Waals surface area contributed by atoms with Crippen molar-refractivity contribution in [1.29, 1.82) is 0 Å². The van der Waals surface area contributed by atoms with Gasteiger partial charge < -0.3 is 9.47 Å². The van der Waals surface area contributed by atoms with Crippen LogP contribution in [0.15, 0.2) is 24.3 Å². The molecule has 1 rings (SSSR count). The number of hydrogen-bond acceptors (Lipinski definition) is 6. The molecule has 1 aromatic rings. The molecule has 0 saturated heterocycles. The van der Waals surface area contributed by atoms with E-state index in [-0.39, 0.29) is 18.1 Å². The van der Waals surface area contributed by atoms with Crippen molar-refractivity contribution < 1.29 is 24.0 Å². The van der Waals surface area contributed by atoms with Gasteiger partial charge in [-0.05, 0) is 23.6 Å². The van der Waals surface area contributed by atoms with Crippen LogP contribution in [0.4, 0.5) is 5.69 Å². The average Bonchev–Trinajstić information content (AvgIpc) is 2.50. The van der Waals surface area contributed by atoms with E-state index in [1.54, 1.807) is 6.07 Å². The van der Waals surface area contributed by atoms with Gasteiger partial charge in [0.15, 0.2) is 0 Å². The van der Waals surface area contributed by atoms with E-state index < -0.39 is 10.9 Å². The SMILES string of the molecule is COC(=O)/C=C/c1cc([N+](=O)[O-])ccc1CCC(=O)OC. The third-order valence-electron chi connectivity index (χ3n) is 2.77. The van der Waals surface area contributed by atoms with Crippen molar-refractivity contribution in [2.75, 3.05) is 14.2 Å². The van der Waals surface area contributed by atoms with E-state index in [0.717, 1.165) is 0 Å². The minimum atomic E-state index is -0.569. The molecular weight excluding hydrogens is 278 g/mol. The molecule has 1 aromatic carbocycles. The standard InChI is InChI=1S/C14H15NO6/c1-20-13(16)7-4-10-3-6-12(15(18)19)9-11(10)5-8-14(17)21-2/h3,5-6,8-9H,4,7H2,1-2H3/b8-5+. The number of ether oxygens (including phenoxy) is 2. The number of nitro benzene ring substituents is 1. The normalized spacial score (nSPS) is 10.4. The highest BCUT2D eigenvalue weighted by molar-refractivity contribution is 5.87. The Kier molecular flexibility index (Phi) is 6.06. The zero-order valence-electron chi connectivity index (χ0n) is 11.7. The molecule has 0 unspecified atom stereocenters. The van der Waals surface area contributed by atoms with Gasteiger partial charge in [0.05, 0.1) is 19.1 Å². The molecule has 0 fully saturated rings. The first-order chi connectivity index (χ1) is 9.97. The van der Waals surface area contributed by atoms with Gasteiger partial charge in [-0.1, -0.05) is 6.07 Å². The van der Waals surface area contributed by atoms with Gasteiger partial charge in [-0.3, -0.25) is 14.9 Å². The molecule has 0 atom stereocenters. The van der Waals surface area contributed by atoms with Gasteiger partial charge in [-0.15, -0.1) is 0 Å². The highest BCUT2D eigenvalue weighted by Crippen LogP contribution is 2.20. The third-order valence-corrected chi connectivity index (χ3v) is 2.77. The topological polar surface area (TPSA) is 95.7 Å².